The van der Waals surface area contributed by atoms with E-state index in [1.165, 1.54) is 6.08 Å². The fourth-order valence-corrected chi connectivity index (χ4v) is 1.05. The van der Waals surface area contributed by atoms with Crippen LogP contribution in [-0.4, -0.2) is 23.8 Å². The molecule has 0 bridgehead atoms. The van der Waals surface area contributed by atoms with Crippen molar-refractivity contribution in [3.8, 4) is 0 Å². The Kier molecular flexibility index (Phi) is 3.05. The standard InChI is InChI=1S/C9H12O3/c1-2-12-9(11)6-7-3-4-8(10)5-7/h3-4,6,8,10H,2,5H2,1H3/b7-6-/t8-/m1/s1. The van der Waals surface area contributed by atoms with Crippen LogP contribution in [0.25, 0.3) is 0 Å². The lowest BCUT2D eigenvalue weighted by Crippen LogP contribution is -2.01. The second-order valence-electron chi connectivity index (χ2n) is 2.60. The molecule has 0 fully saturated rings. The number of allylic oxidation sites excluding steroid dienone is 1. The summed E-state index contributed by atoms with van der Waals surface area (Å²) in [6.45, 7) is 2.14. The second-order valence-corrected chi connectivity index (χ2v) is 2.60. The van der Waals surface area contributed by atoms with Gasteiger partial charge in [-0.25, -0.2) is 4.79 Å². The molecule has 12 heavy (non-hydrogen) atoms. The molecule has 1 rings (SSSR count). The van der Waals surface area contributed by atoms with Gasteiger partial charge in [0.05, 0.1) is 12.7 Å². The maximum absolute atomic E-state index is 10.9. The SMILES string of the molecule is CCOC(=O)/C=C1/C=C[C@@H](O)C1. The Morgan fingerprint density at radius 2 is 2.67 bits per heavy atom. The summed E-state index contributed by atoms with van der Waals surface area (Å²) >= 11 is 0. The van der Waals surface area contributed by atoms with E-state index < -0.39 is 6.10 Å². The number of hydrogen-bond acceptors (Lipinski definition) is 3. The van der Waals surface area contributed by atoms with Gasteiger partial charge in [-0.3, -0.25) is 0 Å². The number of esters is 1. The van der Waals surface area contributed by atoms with E-state index in [-0.39, 0.29) is 5.97 Å². The molecule has 0 aromatic heterocycles. The van der Waals surface area contributed by atoms with Gasteiger partial charge in [0.15, 0.2) is 0 Å². The average Bonchev–Trinajstić information content (AvgIpc) is 2.36. The monoisotopic (exact) mass is 168 g/mol. The number of aliphatic hydroxyl groups is 1. The summed E-state index contributed by atoms with van der Waals surface area (Å²) < 4.78 is 4.71. The van der Waals surface area contributed by atoms with Crippen molar-refractivity contribution in [2.75, 3.05) is 6.61 Å². The molecule has 0 saturated carbocycles. The highest BCUT2D eigenvalue weighted by molar-refractivity contribution is 5.83. The lowest BCUT2D eigenvalue weighted by atomic mass is 10.2. The van der Waals surface area contributed by atoms with Crippen LogP contribution in [0, 0.1) is 0 Å². The molecular formula is C9H12O3. The second kappa shape index (κ2) is 4.07. The molecule has 0 radical (unpaired) electrons. The van der Waals surface area contributed by atoms with Crippen molar-refractivity contribution in [2.24, 2.45) is 0 Å². The van der Waals surface area contributed by atoms with E-state index in [2.05, 4.69) is 0 Å². The molecule has 1 aliphatic rings. The van der Waals surface area contributed by atoms with Gasteiger partial charge in [0, 0.05) is 12.5 Å². The summed E-state index contributed by atoms with van der Waals surface area (Å²) in [5.74, 6) is -0.341. The van der Waals surface area contributed by atoms with Gasteiger partial charge in [-0.15, -0.1) is 0 Å². The van der Waals surface area contributed by atoms with E-state index in [1.54, 1.807) is 19.1 Å². The van der Waals surface area contributed by atoms with Crippen molar-refractivity contribution in [1.82, 2.24) is 0 Å². The molecule has 0 unspecified atom stereocenters. The van der Waals surface area contributed by atoms with Crippen LogP contribution in [0.5, 0.6) is 0 Å². The molecule has 0 saturated heterocycles. The third-order valence-corrected chi connectivity index (χ3v) is 1.57. The Morgan fingerprint density at radius 1 is 1.92 bits per heavy atom. The maximum Gasteiger partial charge on any atom is 0.331 e. The lowest BCUT2D eigenvalue weighted by molar-refractivity contribution is -0.137. The Balaban J connectivity index is 2.48. The Hall–Kier alpha value is -1.09. The third-order valence-electron chi connectivity index (χ3n) is 1.57. The Bertz CT molecular complexity index is 228. The van der Waals surface area contributed by atoms with Gasteiger partial charge < -0.3 is 9.84 Å². The van der Waals surface area contributed by atoms with Crippen molar-refractivity contribution < 1.29 is 14.6 Å². The number of hydrogen-bond donors (Lipinski definition) is 1. The predicted octanol–water partition coefficient (Wildman–Crippen LogP) is 0.797. The molecule has 0 amide bonds. The number of aliphatic hydroxyl groups excluding tert-OH is 1. The molecule has 0 spiro atoms. The highest BCUT2D eigenvalue weighted by atomic mass is 16.5. The van der Waals surface area contributed by atoms with E-state index in [1.807, 2.05) is 0 Å². The zero-order valence-corrected chi connectivity index (χ0v) is 6.99. The van der Waals surface area contributed by atoms with Crippen LogP contribution >= 0.6 is 0 Å². The Labute approximate surface area is 71.3 Å². The van der Waals surface area contributed by atoms with Crippen molar-refractivity contribution in [1.29, 1.82) is 0 Å². The van der Waals surface area contributed by atoms with Crippen molar-refractivity contribution in [2.45, 2.75) is 19.4 Å². The average molecular weight is 168 g/mol. The van der Waals surface area contributed by atoms with Gasteiger partial charge in [-0.2, -0.15) is 0 Å². The minimum Gasteiger partial charge on any atom is -0.463 e. The molecule has 0 aromatic carbocycles. The van der Waals surface area contributed by atoms with Crippen molar-refractivity contribution >= 4 is 5.97 Å². The molecule has 3 heteroatoms. The van der Waals surface area contributed by atoms with Crippen LogP contribution in [0.2, 0.25) is 0 Å². The largest absolute Gasteiger partial charge is 0.463 e. The van der Waals surface area contributed by atoms with Crippen LogP contribution in [0.15, 0.2) is 23.8 Å². The minimum atomic E-state index is -0.439. The number of carbonyl (C=O) groups excluding carboxylic acids is 1. The summed E-state index contributed by atoms with van der Waals surface area (Å²) in [4.78, 5) is 10.9. The number of carbonyl (C=O) groups is 1. The summed E-state index contributed by atoms with van der Waals surface area (Å²) in [5.41, 5.74) is 0.820. The van der Waals surface area contributed by atoms with Crippen LogP contribution in [0.3, 0.4) is 0 Å². The first-order chi connectivity index (χ1) is 5.72. The first-order valence-corrected chi connectivity index (χ1v) is 3.96. The van der Waals surface area contributed by atoms with Crippen LogP contribution in [0.1, 0.15) is 13.3 Å². The zero-order chi connectivity index (χ0) is 8.97. The molecule has 0 aromatic rings. The minimum absolute atomic E-state index is 0.341. The Morgan fingerprint density at radius 3 is 3.17 bits per heavy atom. The third kappa shape index (κ3) is 2.51. The summed E-state index contributed by atoms with van der Waals surface area (Å²) in [7, 11) is 0. The lowest BCUT2D eigenvalue weighted by Gasteiger charge is -1.98. The zero-order valence-electron chi connectivity index (χ0n) is 6.99. The highest BCUT2D eigenvalue weighted by Gasteiger charge is 2.10. The van der Waals surface area contributed by atoms with Gasteiger partial charge in [0.2, 0.25) is 0 Å². The molecule has 3 nitrogen and oxygen atoms in total. The quantitative estimate of drug-likeness (QED) is 0.490. The summed E-state index contributed by atoms with van der Waals surface area (Å²) in [5, 5.41) is 9.06. The molecule has 0 heterocycles. The van der Waals surface area contributed by atoms with E-state index >= 15 is 0 Å². The van der Waals surface area contributed by atoms with Gasteiger partial charge in [0.25, 0.3) is 0 Å². The van der Waals surface area contributed by atoms with Gasteiger partial charge in [-0.1, -0.05) is 12.2 Å². The topological polar surface area (TPSA) is 46.5 Å². The number of ether oxygens (including phenoxy) is 1. The van der Waals surface area contributed by atoms with Crippen LogP contribution < -0.4 is 0 Å². The fourth-order valence-electron chi connectivity index (χ4n) is 1.05. The van der Waals surface area contributed by atoms with E-state index in [9.17, 15) is 4.79 Å². The normalized spacial score (nSPS) is 24.8. The van der Waals surface area contributed by atoms with E-state index in [0.717, 1.165) is 5.57 Å². The van der Waals surface area contributed by atoms with Crippen molar-refractivity contribution in [3.05, 3.63) is 23.8 Å². The van der Waals surface area contributed by atoms with Gasteiger partial charge >= 0.3 is 5.97 Å². The van der Waals surface area contributed by atoms with Crippen molar-refractivity contribution in [3.63, 3.8) is 0 Å². The predicted molar refractivity (Wildman–Crippen MR) is 44.5 cm³/mol. The van der Waals surface area contributed by atoms with Gasteiger partial charge in [-0.05, 0) is 12.5 Å². The number of rotatable bonds is 2. The van der Waals surface area contributed by atoms with E-state index in [0.29, 0.717) is 13.0 Å². The summed E-state index contributed by atoms with van der Waals surface area (Å²) in [6, 6.07) is 0. The molecule has 1 aliphatic carbocycles. The fraction of sp³-hybridized carbons (Fsp3) is 0.444. The van der Waals surface area contributed by atoms with Crippen LogP contribution in [-0.2, 0) is 9.53 Å². The molecule has 1 atom stereocenters. The molecular weight excluding hydrogens is 156 g/mol. The first-order valence-electron chi connectivity index (χ1n) is 3.96. The summed E-state index contributed by atoms with van der Waals surface area (Å²) in [6.07, 6.45) is 4.88. The van der Waals surface area contributed by atoms with Crippen LogP contribution in [0.4, 0.5) is 0 Å². The molecule has 66 valence electrons. The van der Waals surface area contributed by atoms with Gasteiger partial charge in [0.1, 0.15) is 0 Å². The smallest absolute Gasteiger partial charge is 0.331 e. The van der Waals surface area contributed by atoms with E-state index in [4.69, 9.17) is 9.84 Å². The maximum atomic E-state index is 10.9. The molecule has 0 aliphatic heterocycles. The highest BCUT2D eigenvalue weighted by Crippen LogP contribution is 2.16. The molecule has 1 N–H and O–H groups in total. The first kappa shape index (κ1) is 9.00.